The van der Waals surface area contributed by atoms with E-state index in [1.165, 1.54) is 7.11 Å². The molecule has 6 heteroatoms. The number of carbonyl (C=O) groups is 2. The first kappa shape index (κ1) is 13.2. The standard InChI is InChI=1S/C8H15BrN2O3/c1-6(2)5-11(8(13)14-3)10-7(12)4-9/h6H,4-5H2,1-3H3,(H,10,12). The highest BCUT2D eigenvalue weighted by Crippen LogP contribution is 1.98. The average molecular weight is 267 g/mol. The topological polar surface area (TPSA) is 58.6 Å². The summed E-state index contributed by atoms with van der Waals surface area (Å²) >= 11 is 2.99. The highest BCUT2D eigenvalue weighted by Gasteiger charge is 2.16. The zero-order valence-electron chi connectivity index (χ0n) is 8.54. The molecule has 0 fully saturated rings. The lowest BCUT2D eigenvalue weighted by Crippen LogP contribution is -2.48. The van der Waals surface area contributed by atoms with Crippen LogP contribution in [0.1, 0.15) is 13.8 Å². The fourth-order valence-electron chi connectivity index (χ4n) is 0.822. The summed E-state index contributed by atoms with van der Waals surface area (Å²) in [6.45, 7) is 4.30. The van der Waals surface area contributed by atoms with Crippen molar-refractivity contribution in [3.63, 3.8) is 0 Å². The third-order valence-electron chi connectivity index (χ3n) is 1.32. The Morgan fingerprint density at radius 3 is 2.43 bits per heavy atom. The van der Waals surface area contributed by atoms with Crippen molar-refractivity contribution in [3.8, 4) is 0 Å². The lowest BCUT2D eigenvalue weighted by molar-refractivity contribution is -0.122. The molecular weight excluding hydrogens is 252 g/mol. The van der Waals surface area contributed by atoms with E-state index < -0.39 is 6.09 Å². The molecule has 0 aliphatic heterocycles. The second kappa shape index (κ2) is 6.64. The number of nitrogens with one attached hydrogen (secondary N) is 1. The van der Waals surface area contributed by atoms with Crippen molar-refractivity contribution in [3.05, 3.63) is 0 Å². The Labute approximate surface area is 91.9 Å². The molecule has 0 atom stereocenters. The van der Waals surface area contributed by atoms with E-state index in [9.17, 15) is 9.59 Å². The summed E-state index contributed by atoms with van der Waals surface area (Å²) in [4.78, 5) is 22.2. The molecule has 0 aromatic carbocycles. The zero-order valence-corrected chi connectivity index (χ0v) is 10.1. The first-order valence-corrected chi connectivity index (χ1v) is 5.34. The maximum atomic E-state index is 11.2. The molecule has 0 heterocycles. The van der Waals surface area contributed by atoms with E-state index in [0.717, 1.165) is 5.01 Å². The van der Waals surface area contributed by atoms with Crippen LogP contribution in [0.5, 0.6) is 0 Å². The molecule has 82 valence electrons. The van der Waals surface area contributed by atoms with Crippen LogP contribution in [0.25, 0.3) is 0 Å². The van der Waals surface area contributed by atoms with Gasteiger partial charge in [-0.3, -0.25) is 10.2 Å². The number of hydrogen-bond acceptors (Lipinski definition) is 3. The van der Waals surface area contributed by atoms with Crippen molar-refractivity contribution in [2.24, 2.45) is 5.92 Å². The molecule has 0 aromatic rings. The van der Waals surface area contributed by atoms with Gasteiger partial charge in [0.05, 0.1) is 12.4 Å². The van der Waals surface area contributed by atoms with Gasteiger partial charge in [0.15, 0.2) is 0 Å². The van der Waals surface area contributed by atoms with Gasteiger partial charge in [-0.25, -0.2) is 9.80 Å². The number of carbonyl (C=O) groups excluding carboxylic acids is 2. The summed E-state index contributed by atoms with van der Waals surface area (Å²) in [6.07, 6.45) is -0.562. The Morgan fingerprint density at radius 1 is 1.50 bits per heavy atom. The van der Waals surface area contributed by atoms with Gasteiger partial charge < -0.3 is 4.74 Å². The lowest BCUT2D eigenvalue weighted by Gasteiger charge is -2.22. The Kier molecular flexibility index (Phi) is 6.27. The average Bonchev–Trinajstić information content (AvgIpc) is 2.14. The van der Waals surface area contributed by atoms with E-state index in [-0.39, 0.29) is 17.2 Å². The summed E-state index contributed by atoms with van der Waals surface area (Å²) in [5.74, 6) is -0.0271. The van der Waals surface area contributed by atoms with Gasteiger partial charge in [0.1, 0.15) is 0 Å². The van der Waals surface area contributed by atoms with Crippen LogP contribution in [0.15, 0.2) is 0 Å². The summed E-state index contributed by atoms with van der Waals surface area (Å²) < 4.78 is 4.52. The molecule has 2 amide bonds. The number of methoxy groups -OCH3 is 1. The van der Waals surface area contributed by atoms with Crippen molar-refractivity contribution < 1.29 is 14.3 Å². The van der Waals surface area contributed by atoms with Crippen molar-refractivity contribution in [2.45, 2.75) is 13.8 Å². The second-order valence-electron chi connectivity index (χ2n) is 3.14. The molecule has 14 heavy (non-hydrogen) atoms. The smallest absolute Gasteiger partial charge is 0.428 e. The fraction of sp³-hybridized carbons (Fsp3) is 0.750. The molecule has 1 N–H and O–H groups in total. The van der Waals surface area contributed by atoms with Gasteiger partial charge in [-0.2, -0.15) is 0 Å². The van der Waals surface area contributed by atoms with Gasteiger partial charge in [0.25, 0.3) is 0 Å². The van der Waals surface area contributed by atoms with Gasteiger partial charge in [0, 0.05) is 6.54 Å². The number of amides is 2. The molecule has 0 rings (SSSR count). The second-order valence-corrected chi connectivity index (χ2v) is 3.70. The number of nitrogens with zero attached hydrogens (tertiary/aromatic N) is 1. The Bertz CT molecular complexity index is 209. The van der Waals surface area contributed by atoms with E-state index >= 15 is 0 Å². The molecule has 0 saturated carbocycles. The first-order chi connectivity index (χ1) is 6.51. The molecule has 0 unspecified atom stereocenters. The highest BCUT2D eigenvalue weighted by atomic mass is 79.9. The van der Waals surface area contributed by atoms with Crippen LogP contribution < -0.4 is 5.43 Å². The third-order valence-corrected chi connectivity index (χ3v) is 1.83. The Hall–Kier alpha value is -0.780. The van der Waals surface area contributed by atoms with Crippen molar-refractivity contribution in [2.75, 3.05) is 19.0 Å². The monoisotopic (exact) mass is 266 g/mol. The minimum absolute atomic E-state index is 0.151. The summed E-state index contributed by atoms with van der Waals surface area (Å²) in [7, 11) is 1.27. The zero-order chi connectivity index (χ0) is 11.1. The number of halogens is 1. The summed E-state index contributed by atoms with van der Waals surface area (Å²) in [5, 5.41) is 1.31. The first-order valence-electron chi connectivity index (χ1n) is 4.22. The van der Waals surface area contributed by atoms with E-state index in [0.29, 0.717) is 6.54 Å². The molecular formula is C8H15BrN2O3. The van der Waals surface area contributed by atoms with Crippen LogP contribution in [0, 0.1) is 5.92 Å². The van der Waals surface area contributed by atoms with E-state index in [4.69, 9.17) is 0 Å². The van der Waals surface area contributed by atoms with Crippen LogP contribution in [-0.2, 0) is 9.53 Å². The number of ether oxygens (including phenoxy) is 1. The minimum Gasteiger partial charge on any atom is -0.452 e. The molecule has 0 saturated heterocycles. The van der Waals surface area contributed by atoms with Crippen LogP contribution in [0.2, 0.25) is 0 Å². The Balaban J connectivity index is 4.24. The van der Waals surface area contributed by atoms with Crippen molar-refractivity contribution >= 4 is 27.9 Å². The van der Waals surface area contributed by atoms with Gasteiger partial charge >= 0.3 is 6.09 Å². The van der Waals surface area contributed by atoms with Crippen LogP contribution in [-0.4, -0.2) is 36.0 Å². The summed E-state index contributed by atoms with van der Waals surface area (Å²) in [5.41, 5.74) is 2.42. The lowest BCUT2D eigenvalue weighted by atomic mass is 10.2. The third kappa shape index (κ3) is 5.06. The number of hydrogen-bond donors (Lipinski definition) is 1. The van der Waals surface area contributed by atoms with Gasteiger partial charge in [-0.1, -0.05) is 29.8 Å². The fourth-order valence-corrected chi connectivity index (χ4v) is 0.947. The van der Waals surface area contributed by atoms with Crippen molar-refractivity contribution in [1.82, 2.24) is 10.4 Å². The quantitative estimate of drug-likeness (QED) is 0.616. The number of alkyl halides is 1. The highest BCUT2D eigenvalue weighted by molar-refractivity contribution is 9.09. The molecule has 0 aliphatic rings. The van der Waals surface area contributed by atoms with E-state index in [1.807, 2.05) is 13.8 Å². The molecule has 0 aliphatic carbocycles. The van der Waals surface area contributed by atoms with Crippen LogP contribution in [0.3, 0.4) is 0 Å². The SMILES string of the molecule is COC(=O)N(CC(C)C)NC(=O)CBr. The minimum atomic E-state index is -0.562. The Morgan fingerprint density at radius 2 is 2.07 bits per heavy atom. The van der Waals surface area contributed by atoms with Gasteiger partial charge in [-0.05, 0) is 5.92 Å². The predicted octanol–water partition coefficient (Wildman–Crippen LogP) is 1.14. The normalized spacial score (nSPS) is 9.79. The molecule has 0 radical (unpaired) electrons. The maximum absolute atomic E-state index is 11.2. The van der Waals surface area contributed by atoms with E-state index in [1.54, 1.807) is 0 Å². The van der Waals surface area contributed by atoms with Crippen LogP contribution in [0.4, 0.5) is 4.79 Å². The molecule has 0 spiro atoms. The molecule has 0 aromatic heterocycles. The van der Waals surface area contributed by atoms with Gasteiger partial charge in [-0.15, -0.1) is 0 Å². The number of hydrazine groups is 1. The van der Waals surface area contributed by atoms with Gasteiger partial charge in [0.2, 0.25) is 5.91 Å². The van der Waals surface area contributed by atoms with E-state index in [2.05, 4.69) is 26.1 Å². The van der Waals surface area contributed by atoms with Crippen molar-refractivity contribution in [1.29, 1.82) is 0 Å². The van der Waals surface area contributed by atoms with Crippen LogP contribution >= 0.6 is 15.9 Å². The molecule has 5 nitrogen and oxygen atoms in total. The largest absolute Gasteiger partial charge is 0.452 e. The predicted molar refractivity (Wildman–Crippen MR) is 55.9 cm³/mol. The molecule has 0 bridgehead atoms. The number of rotatable bonds is 3. The summed E-state index contributed by atoms with van der Waals surface area (Å²) in [6, 6.07) is 0. The maximum Gasteiger partial charge on any atom is 0.428 e.